The number of benzene rings is 1. The van der Waals surface area contributed by atoms with Crippen molar-refractivity contribution in [3.8, 4) is 23.3 Å². The topological polar surface area (TPSA) is 42.0 Å². The molecule has 0 saturated carbocycles. The van der Waals surface area contributed by atoms with Crippen molar-refractivity contribution < 1.29 is 14.3 Å². The number of rotatable bonds is 5. The smallest absolute Gasteiger partial charge is 0.260 e. The Hall–Kier alpha value is -2.19. The van der Waals surface area contributed by atoms with Crippen LogP contribution in [0.15, 0.2) is 24.3 Å². The van der Waals surface area contributed by atoms with Gasteiger partial charge in [-0.25, -0.2) is 0 Å². The lowest BCUT2D eigenvalue weighted by Crippen LogP contribution is -2.38. The molecule has 0 spiro atoms. The molecule has 0 unspecified atom stereocenters. The van der Waals surface area contributed by atoms with Gasteiger partial charge in [-0.2, -0.15) is 0 Å². The van der Waals surface area contributed by atoms with Gasteiger partial charge in [0.15, 0.2) is 6.61 Å². The Morgan fingerprint density at radius 3 is 2.79 bits per heavy atom. The van der Waals surface area contributed by atoms with Crippen molar-refractivity contribution in [1.29, 1.82) is 0 Å². The highest BCUT2D eigenvalue weighted by Gasteiger charge is 2.19. The molecule has 0 radical (unpaired) electrons. The van der Waals surface area contributed by atoms with Crippen LogP contribution in [0.2, 0.25) is 0 Å². The van der Waals surface area contributed by atoms with E-state index in [-0.39, 0.29) is 12.5 Å². The number of carbonyl (C=O) groups excluding carboxylic acids is 1. The van der Waals surface area contributed by atoms with Crippen molar-refractivity contribution in [1.82, 2.24) is 9.80 Å². The van der Waals surface area contributed by atoms with Crippen LogP contribution in [0.1, 0.15) is 19.8 Å². The second-order valence-corrected chi connectivity index (χ2v) is 5.69. The Kier molecular flexibility index (Phi) is 7.44. The average molecular weight is 330 g/mol. The molecule has 0 aliphatic carbocycles. The molecule has 1 amide bonds. The number of amides is 1. The fourth-order valence-electron chi connectivity index (χ4n) is 2.60. The highest BCUT2D eigenvalue weighted by molar-refractivity contribution is 5.77. The van der Waals surface area contributed by atoms with E-state index in [9.17, 15) is 4.79 Å². The van der Waals surface area contributed by atoms with Gasteiger partial charge in [-0.1, -0.05) is 18.9 Å². The minimum atomic E-state index is 0.0271. The third kappa shape index (κ3) is 5.78. The van der Waals surface area contributed by atoms with Crippen LogP contribution in [0.5, 0.6) is 11.5 Å². The molecule has 0 atom stereocenters. The Labute approximate surface area is 144 Å². The minimum Gasteiger partial charge on any atom is -0.497 e. The molecule has 1 aliphatic heterocycles. The maximum absolute atomic E-state index is 12.4. The fraction of sp³-hybridized carbons (Fsp3) is 0.526. The maximum Gasteiger partial charge on any atom is 0.260 e. The molecule has 1 saturated heterocycles. The molecule has 24 heavy (non-hydrogen) atoms. The average Bonchev–Trinajstić information content (AvgIpc) is 2.86. The van der Waals surface area contributed by atoms with Gasteiger partial charge in [0.2, 0.25) is 0 Å². The lowest BCUT2D eigenvalue weighted by molar-refractivity contribution is -0.133. The molecule has 130 valence electrons. The molecule has 1 aromatic rings. The third-order valence-corrected chi connectivity index (χ3v) is 3.95. The molecule has 0 N–H and O–H groups in total. The second kappa shape index (κ2) is 9.84. The summed E-state index contributed by atoms with van der Waals surface area (Å²) in [5, 5.41) is 0. The van der Waals surface area contributed by atoms with E-state index in [0.717, 1.165) is 51.3 Å². The van der Waals surface area contributed by atoms with E-state index in [1.54, 1.807) is 13.2 Å². The Morgan fingerprint density at radius 2 is 2.00 bits per heavy atom. The Morgan fingerprint density at radius 1 is 1.17 bits per heavy atom. The fourth-order valence-corrected chi connectivity index (χ4v) is 2.60. The highest BCUT2D eigenvalue weighted by atomic mass is 16.5. The first-order valence-electron chi connectivity index (χ1n) is 8.45. The third-order valence-electron chi connectivity index (χ3n) is 3.95. The molecule has 5 nitrogen and oxygen atoms in total. The van der Waals surface area contributed by atoms with Crippen LogP contribution >= 0.6 is 0 Å². The summed E-state index contributed by atoms with van der Waals surface area (Å²) < 4.78 is 10.8. The van der Waals surface area contributed by atoms with E-state index >= 15 is 0 Å². The van der Waals surface area contributed by atoms with Crippen LogP contribution in [0.4, 0.5) is 0 Å². The number of carbonyl (C=O) groups is 1. The molecule has 5 heteroatoms. The van der Waals surface area contributed by atoms with Crippen molar-refractivity contribution in [3.05, 3.63) is 24.3 Å². The van der Waals surface area contributed by atoms with Gasteiger partial charge in [0.25, 0.3) is 5.91 Å². The molecule has 1 fully saturated rings. The van der Waals surface area contributed by atoms with E-state index in [0.29, 0.717) is 5.75 Å². The predicted molar refractivity (Wildman–Crippen MR) is 94.2 cm³/mol. The molecule has 1 heterocycles. The molecule has 1 aliphatic rings. The van der Waals surface area contributed by atoms with Gasteiger partial charge in [0.05, 0.1) is 13.7 Å². The minimum absolute atomic E-state index is 0.0271. The summed E-state index contributed by atoms with van der Waals surface area (Å²) >= 11 is 0. The predicted octanol–water partition coefficient (Wildman–Crippen LogP) is 2.02. The number of ether oxygens (including phenoxy) is 2. The molecule has 0 aromatic heterocycles. The SMILES string of the molecule is CCC#CCN1CCCN(C(=O)COc2cccc(OC)c2)CC1. The summed E-state index contributed by atoms with van der Waals surface area (Å²) in [6.45, 7) is 6.26. The van der Waals surface area contributed by atoms with Crippen LogP contribution in [0.3, 0.4) is 0 Å². The van der Waals surface area contributed by atoms with Crippen molar-refractivity contribution in [2.75, 3.05) is 46.4 Å². The quantitative estimate of drug-likeness (QED) is 0.775. The number of nitrogens with zero attached hydrogens (tertiary/aromatic N) is 2. The van der Waals surface area contributed by atoms with Crippen molar-refractivity contribution >= 4 is 5.91 Å². The lowest BCUT2D eigenvalue weighted by atomic mass is 10.3. The Balaban J connectivity index is 1.79. The van der Waals surface area contributed by atoms with Gasteiger partial charge < -0.3 is 14.4 Å². The monoisotopic (exact) mass is 330 g/mol. The molecular weight excluding hydrogens is 304 g/mol. The van der Waals surface area contributed by atoms with Crippen molar-refractivity contribution in [2.24, 2.45) is 0 Å². The largest absolute Gasteiger partial charge is 0.497 e. The van der Waals surface area contributed by atoms with Gasteiger partial charge >= 0.3 is 0 Å². The van der Waals surface area contributed by atoms with Crippen LogP contribution < -0.4 is 9.47 Å². The normalized spacial score (nSPS) is 15.2. The van der Waals surface area contributed by atoms with E-state index in [1.807, 2.05) is 23.1 Å². The molecule has 0 bridgehead atoms. The number of methoxy groups -OCH3 is 1. The molecular formula is C19H26N2O3. The van der Waals surface area contributed by atoms with Gasteiger partial charge in [-0.3, -0.25) is 9.69 Å². The zero-order valence-corrected chi connectivity index (χ0v) is 14.6. The first-order chi connectivity index (χ1) is 11.7. The molecule has 2 rings (SSSR count). The summed E-state index contributed by atoms with van der Waals surface area (Å²) in [5.74, 6) is 7.66. The summed E-state index contributed by atoms with van der Waals surface area (Å²) in [6, 6.07) is 7.30. The van der Waals surface area contributed by atoms with Crippen LogP contribution in [-0.4, -0.2) is 62.1 Å². The van der Waals surface area contributed by atoms with Gasteiger partial charge in [-0.05, 0) is 18.6 Å². The highest BCUT2D eigenvalue weighted by Crippen LogP contribution is 2.18. The lowest BCUT2D eigenvalue weighted by Gasteiger charge is -2.21. The van der Waals surface area contributed by atoms with E-state index in [1.165, 1.54) is 0 Å². The first kappa shape index (κ1) is 18.2. The maximum atomic E-state index is 12.4. The standard InChI is InChI=1S/C19H26N2O3/c1-3-4-5-10-20-11-7-12-21(14-13-20)19(22)16-24-18-9-6-8-17(15-18)23-2/h6,8-9,15H,3,7,10-14,16H2,1-2H3. The zero-order valence-electron chi connectivity index (χ0n) is 14.6. The van der Waals surface area contributed by atoms with Crippen LogP contribution in [0.25, 0.3) is 0 Å². The van der Waals surface area contributed by atoms with Gasteiger partial charge in [0.1, 0.15) is 11.5 Å². The van der Waals surface area contributed by atoms with Crippen molar-refractivity contribution in [2.45, 2.75) is 19.8 Å². The Bertz CT molecular complexity index is 592. The van der Waals surface area contributed by atoms with Gasteiger partial charge in [0, 0.05) is 38.7 Å². The number of hydrogen-bond acceptors (Lipinski definition) is 4. The van der Waals surface area contributed by atoms with E-state index in [2.05, 4.69) is 23.7 Å². The summed E-state index contributed by atoms with van der Waals surface area (Å²) in [4.78, 5) is 16.6. The van der Waals surface area contributed by atoms with Gasteiger partial charge in [-0.15, -0.1) is 5.92 Å². The van der Waals surface area contributed by atoms with E-state index in [4.69, 9.17) is 9.47 Å². The summed E-state index contributed by atoms with van der Waals surface area (Å²) in [7, 11) is 1.61. The second-order valence-electron chi connectivity index (χ2n) is 5.69. The number of hydrogen-bond donors (Lipinski definition) is 0. The van der Waals surface area contributed by atoms with Crippen molar-refractivity contribution in [3.63, 3.8) is 0 Å². The molecule has 1 aromatic carbocycles. The van der Waals surface area contributed by atoms with Crippen LogP contribution in [0, 0.1) is 11.8 Å². The van der Waals surface area contributed by atoms with Crippen LogP contribution in [-0.2, 0) is 4.79 Å². The van der Waals surface area contributed by atoms with E-state index < -0.39 is 0 Å². The zero-order chi connectivity index (χ0) is 17.2. The summed E-state index contributed by atoms with van der Waals surface area (Å²) in [6.07, 6.45) is 1.86. The summed E-state index contributed by atoms with van der Waals surface area (Å²) in [5.41, 5.74) is 0. The first-order valence-corrected chi connectivity index (χ1v) is 8.45.